The van der Waals surface area contributed by atoms with Crippen molar-refractivity contribution < 1.29 is 68.9 Å². The highest BCUT2D eigenvalue weighted by Gasteiger charge is 2.48. The van der Waals surface area contributed by atoms with Crippen LogP contribution in [0.15, 0.2) is 36.4 Å². The van der Waals surface area contributed by atoms with Gasteiger partial charge in [0.1, 0.15) is 41.4 Å². The van der Waals surface area contributed by atoms with Gasteiger partial charge in [0.15, 0.2) is 5.82 Å². The summed E-state index contributed by atoms with van der Waals surface area (Å²) in [6.45, 7) is 9.77. The Morgan fingerprint density at radius 2 is 1.38 bits per heavy atom. The second-order valence-corrected chi connectivity index (χ2v) is 15.8. The third-order valence-corrected chi connectivity index (χ3v) is 7.39. The van der Waals surface area contributed by atoms with Crippen molar-refractivity contribution in [2.45, 2.75) is 117 Å². The molecular weight excluding hydrogens is 747 g/mol. The minimum Gasteiger partial charge on any atom is -0.487 e. The van der Waals surface area contributed by atoms with Crippen molar-refractivity contribution in [2.75, 3.05) is 29.4 Å². The number of benzene rings is 2. The van der Waals surface area contributed by atoms with Gasteiger partial charge >= 0.3 is 36.4 Å². The molecule has 11 nitrogen and oxygen atoms in total. The quantitative estimate of drug-likeness (QED) is 0.134. The smallest absolute Gasteiger partial charge is 0.471 e. The van der Waals surface area contributed by atoms with Gasteiger partial charge in [-0.1, -0.05) is 30.3 Å². The normalized spacial score (nSPS) is 14.9. The van der Waals surface area contributed by atoms with E-state index in [0.29, 0.717) is 10.5 Å². The number of ether oxygens (including phenoxy) is 4. The molecule has 0 spiro atoms. The predicted octanol–water partition coefficient (Wildman–Crippen LogP) is 8.50. The Bertz CT molecular complexity index is 1710. The van der Waals surface area contributed by atoms with Crippen molar-refractivity contribution in [3.05, 3.63) is 53.3 Å². The molecule has 3 amide bonds. The topological polar surface area (TPSA) is 115 Å². The molecule has 0 bridgehead atoms. The van der Waals surface area contributed by atoms with E-state index in [2.05, 4.69) is 0 Å². The Morgan fingerprint density at radius 1 is 0.818 bits per heavy atom. The van der Waals surface area contributed by atoms with Crippen LogP contribution in [0, 0.1) is 5.82 Å². The molecule has 1 aliphatic rings. The predicted molar refractivity (Wildman–Crippen MR) is 186 cm³/mol. The van der Waals surface area contributed by atoms with Crippen LogP contribution in [0.2, 0.25) is 0 Å². The van der Waals surface area contributed by atoms with Crippen molar-refractivity contribution in [3.8, 4) is 5.75 Å². The maximum atomic E-state index is 17.1. The van der Waals surface area contributed by atoms with Crippen LogP contribution in [-0.4, -0.2) is 83.8 Å². The zero-order valence-corrected chi connectivity index (χ0v) is 32.0. The molecular formula is C37H46F7N3O8. The first-order valence-corrected chi connectivity index (χ1v) is 17.2. The van der Waals surface area contributed by atoms with Crippen molar-refractivity contribution in [2.24, 2.45) is 0 Å². The largest absolute Gasteiger partial charge is 0.487 e. The number of anilines is 2. The molecule has 0 fully saturated rings. The number of nitrogens with zero attached hydrogens (tertiary/aromatic N) is 3. The summed E-state index contributed by atoms with van der Waals surface area (Å²) in [4.78, 5) is 54.3. The number of rotatable bonds is 10. The fraction of sp³-hybridized carbons (Fsp3) is 0.568. The van der Waals surface area contributed by atoms with E-state index < -0.39 is 121 Å². The molecule has 0 aliphatic carbocycles. The third-order valence-electron chi connectivity index (χ3n) is 7.39. The molecule has 1 atom stereocenters. The van der Waals surface area contributed by atoms with Crippen molar-refractivity contribution in [3.63, 3.8) is 0 Å². The summed E-state index contributed by atoms with van der Waals surface area (Å²) in [7, 11) is 0. The molecule has 0 N–H and O–H groups in total. The molecule has 2 aromatic rings. The Hall–Kier alpha value is -4.77. The molecule has 55 heavy (non-hydrogen) atoms. The number of carbonyl (C=O) groups is 4. The van der Waals surface area contributed by atoms with Crippen molar-refractivity contribution >= 4 is 35.4 Å². The average Bonchev–Trinajstić information content (AvgIpc) is 3.36. The van der Waals surface area contributed by atoms with Crippen LogP contribution >= 0.6 is 0 Å². The molecule has 2 aromatic carbocycles. The maximum absolute atomic E-state index is 17.1. The molecule has 0 unspecified atom stereocenters. The summed E-state index contributed by atoms with van der Waals surface area (Å²) >= 11 is 0. The molecule has 0 aromatic heterocycles. The Morgan fingerprint density at radius 3 is 1.89 bits per heavy atom. The lowest BCUT2D eigenvalue weighted by atomic mass is 10.1. The van der Waals surface area contributed by atoms with E-state index in [1.54, 1.807) is 30.3 Å². The number of hydrogen-bond acceptors (Lipinski definition) is 8. The molecule has 0 radical (unpaired) electrons. The molecule has 306 valence electrons. The summed E-state index contributed by atoms with van der Waals surface area (Å²) in [5.41, 5.74) is -5.04. The van der Waals surface area contributed by atoms with Gasteiger partial charge in [-0.05, 0) is 67.9 Å². The first-order valence-electron chi connectivity index (χ1n) is 17.2. The standard InChI is InChI=1S/C37H46F7N3O8/c1-33(2,3)53-27(48)20-46(30(49)37(42,43)44)29-26(52-21-22-13-11-10-12-14-22)18-25-24(28(29)38)17-23(47(25)32(51)55-35(7,8)9)19-45(16-15-36(39,40)41)31(50)54-34(4,5)6/h10-14,18,23H,15-17,19-21H2,1-9H3/t23-/m1/s1. The second-order valence-electron chi connectivity index (χ2n) is 15.8. The molecule has 1 aliphatic heterocycles. The van der Waals surface area contributed by atoms with Crippen LogP contribution in [0.4, 0.5) is 51.7 Å². The first-order chi connectivity index (χ1) is 25.0. The first kappa shape index (κ1) is 44.6. The van der Waals surface area contributed by atoms with Gasteiger partial charge in [0.2, 0.25) is 0 Å². The van der Waals surface area contributed by atoms with E-state index in [0.717, 1.165) is 11.0 Å². The minimum atomic E-state index is -5.64. The van der Waals surface area contributed by atoms with Gasteiger partial charge < -0.3 is 23.8 Å². The Labute approximate surface area is 314 Å². The van der Waals surface area contributed by atoms with E-state index in [1.165, 1.54) is 62.3 Å². The van der Waals surface area contributed by atoms with E-state index >= 15 is 4.39 Å². The number of carbonyl (C=O) groups excluding carboxylic acids is 4. The fourth-order valence-electron chi connectivity index (χ4n) is 5.39. The molecule has 0 saturated carbocycles. The molecule has 18 heteroatoms. The summed E-state index contributed by atoms with van der Waals surface area (Å²) in [5.74, 6) is -6.21. The van der Waals surface area contributed by atoms with Gasteiger partial charge in [-0.3, -0.25) is 19.4 Å². The van der Waals surface area contributed by atoms with Gasteiger partial charge in [-0.15, -0.1) is 0 Å². The van der Waals surface area contributed by atoms with Gasteiger partial charge in [-0.2, -0.15) is 26.3 Å². The van der Waals surface area contributed by atoms with Crippen LogP contribution in [0.5, 0.6) is 5.75 Å². The monoisotopic (exact) mass is 793 g/mol. The number of amides is 3. The van der Waals surface area contributed by atoms with Crippen LogP contribution in [0.25, 0.3) is 0 Å². The van der Waals surface area contributed by atoms with E-state index in [1.807, 2.05) is 0 Å². The fourth-order valence-corrected chi connectivity index (χ4v) is 5.39. The lowest BCUT2D eigenvalue weighted by Crippen LogP contribution is -2.50. The summed E-state index contributed by atoms with van der Waals surface area (Å²) < 4.78 is 122. The number of hydrogen-bond donors (Lipinski definition) is 0. The van der Waals surface area contributed by atoms with Crippen LogP contribution < -0.4 is 14.5 Å². The van der Waals surface area contributed by atoms with Gasteiger partial charge in [0.25, 0.3) is 0 Å². The zero-order valence-electron chi connectivity index (χ0n) is 32.0. The summed E-state index contributed by atoms with van der Waals surface area (Å²) in [6.07, 6.45) is -14.8. The van der Waals surface area contributed by atoms with Crippen molar-refractivity contribution in [1.29, 1.82) is 0 Å². The van der Waals surface area contributed by atoms with Gasteiger partial charge in [0.05, 0.1) is 18.2 Å². The van der Waals surface area contributed by atoms with Crippen LogP contribution in [0.3, 0.4) is 0 Å². The third kappa shape index (κ3) is 13.2. The number of halogens is 7. The maximum Gasteiger partial charge on any atom is 0.471 e. The summed E-state index contributed by atoms with van der Waals surface area (Å²) in [6, 6.07) is 7.66. The highest BCUT2D eigenvalue weighted by molar-refractivity contribution is 6.03. The SMILES string of the molecule is CC(C)(C)OC(=O)CN(C(=O)C(F)(F)F)c1c(OCc2ccccc2)cc2c(c1F)C[C@H](CN(CCC(F)(F)F)C(=O)OC(C)(C)C)N2C(=O)OC(C)(C)C. The van der Waals surface area contributed by atoms with Crippen LogP contribution in [-0.2, 0) is 36.8 Å². The molecule has 3 rings (SSSR count). The Balaban J connectivity index is 2.30. The van der Waals surface area contributed by atoms with E-state index in [4.69, 9.17) is 18.9 Å². The summed E-state index contributed by atoms with van der Waals surface area (Å²) in [5, 5.41) is 0. The number of alkyl halides is 6. The lowest BCUT2D eigenvalue weighted by Gasteiger charge is -2.34. The van der Waals surface area contributed by atoms with Crippen molar-refractivity contribution in [1.82, 2.24) is 4.90 Å². The number of fused-ring (bicyclic) bond motifs is 1. The zero-order chi connectivity index (χ0) is 41.9. The van der Waals surface area contributed by atoms with E-state index in [-0.39, 0.29) is 10.6 Å². The van der Waals surface area contributed by atoms with E-state index in [9.17, 15) is 45.5 Å². The van der Waals surface area contributed by atoms with Gasteiger partial charge in [-0.25, -0.2) is 14.0 Å². The lowest BCUT2D eigenvalue weighted by molar-refractivity contribution is -0.171. The highest BCUT2D eigenvalue weighted by Crippen LogP contribution is 2.46. The molecule has 1 heterocycles. The Kier molecular flexibility index (Phi) is 13.4. The minimum absolute atomic E-state index is 0.175. The van der Waals surface area contributed by atoms with Crippen LogP contribution in [0.1, 0.15) is 79.9 Å². The van der Waals surface area contributed by atoms with Gasteiger partial charge in [0, 0.05) is 31.1 Å². The second kappa shape index (κ2) is 16.5. The number of esters is 1. The average molecular weight is 794 g/mol. The highest BCUT2D eigenvalue weighted by atomic mass is 19.4. The molecule has 0 saturated heterocycles.